The van der Waals surface area contributed by atoms with E-state index in [-0.39, 0.29) is 0 Å². The highest BCUT2D eigenvalue weighted by Gasteiger charge is 2.23. The molecule has 1 nitrogen and oxygen atoms in total. The first-order valence-electron chi connectivity index (χ1n) is 8.10. The number of thiophene rings is 1. The van der Waals surface area contributed by atoms with Gasteiger partial charge in [0.15, 0.2) is 0 Å². The number of hydrogen-bond acceptors (Lipinski definition) is 2. The zero-order chi connectivity index (χ0) is 15.5. The number of nitrogens with one attached hydrogen (secondary N) is 1. The zero-order valence-corrected chi connectivity index (χ0v) is 14.9. The van der Waals surface area contributed by atoms with Crippen LogP contribution in [-0.4, -0.2) is 12.6 Å². The van der Waals surface area contributed by atoms with Crippen LogP contribution in [0.4, 0.5) is 0 Å². The molecule has 116 valence electrons. The Morgan fingerprint density at radius 2 is 1.90 bits per heavy atom. The Kier molecular flexibility index (Phi) is 5.45. The maximum atomic E-state index is 3.69. The Hall–Kier alpha value is -0.860. The molecule has 0 aliphatic carbocycles. The Morgan fingerprint density at radius 1 is 1.19 bits per heavy atom. The molecule has 2 atom stereocenters. The topological polar surface area (TPSA) is 12.0 Å². The second-order valence-electron chi connectivity index (χ2n) is 7.22. The predicted molar refractivity (Wildman–Crippen MR) is 96.2 cm³/mol. The molecule has 1 aromatic heterocycles. The zero-order valence-electron chi connectivity index (χ0n) is 14.1. The lowest BCUT2D eigenvalue weighted by molar-refractivity contribution is 0.223. The van der Waals surface area contributed by atoms with Crippen LogP contribution in [-0.2, 0) is 6.42 Å². The SMILES string of the molecule is CCNC(Cc1csc2ccccc12)CC(C)C(C)(C)C. The quantitative estimate of drug-likeness (QED) is 0.743. The summed E-state index contributed by atoms with van der Waals surface area (Å²) in [7, 11) is 0. The van der Waals surface area contributed by atoms with Crippen LogP contribution in [0.2, 0.25) is 0 Å². The highest BCUT2D eigenvalue weighted by Crippen LogP contribution is 2.31. The van der Waals surface area contributed by atoms with E-state index in [0.29, 0.717) is 17.4 Å². The van der Waals surface area contributed by atoms with Gasteiger partial charge in [0.25, 0.3) is 0 Å². The van der Waals surface area contributed by atoms with E-state index < -0.39 is 0 Å². The molecule has 21 heavy (non-hydrogen) atoms. The van der Waals surface area contributed by atoms with Crippen molar-refractivity contribution in [3.05, 3.63) is 35.2 Å². The molecule has 0 saturated heterocycles. The Morgan fingerprint density at radius 3 is 2.57 bits per heavy atom. The standard InChI is InChI=1S/C19H29NS/c1-6-20-16(11-14(2)19(3,4)5)12-15-13-21-18-10-8-7-9-17(15)18/h7-10,13-14,16,20H,6,11-12H2,1-5H3. The van der Waals surface area contributed by atoms with Crippen molar-refractivity contribution >= 4 is 21.4 Å². The Balaban J connectivity index is 2.12. The summed E-state index contributed by atoms with van der Waals surface area (Å²) in [6.07, 6.45) is 2.37. The molecule has 2 heteroatoms. The molecule has 2 aromatic rings. The van der Waals surface area contributed by atoms with Crippen LogP contribution in [0.1, 0.15) is 46.6 Å². The van der Waals surface area contributed by atoms with E-state index in [1.54, 1.807) is 0 Å². The lowest BCUT2D eigenvalue weighted by Gasteiger charge is -2.31. The van der Waals surface area contributed by atoms with Gasteiger partial charge in [-0.3, -0.25) is 0 Å². The Labute approximate surface area is 133 Å². The minimum atomic E-state index is 0.379. The van der Waals surface area contributed by atoms with Gasteiger partial charge in [0, 0.05) is 10.7 Å². The van der Waals surface area contributed by atoms with E-state index in [1.807, 2.05) is 11.3 Å². The van der Waals surface area contributed by atoms with Crippen molar-refractivity contribution in [1.82, 2.24) is 5.32 Å². The molecule has 2 rings (SSSR count). The fourth-order valence-corrected chi connectivity index (χ4v) is 3.74. The molecule has 0 fully saturated rings. The van der Waals surface area contributed by atoms with E-state index in [0.717, 1.165) is 13.0 Å². The van der Waals surface area contributed by atoms with Crippen LogP contribution in [0, 0.1) is 11.3 Å². The second-order valence-corrected chi connectivity index (χ2v) is 8.13. The van der Waals surface area contributed by atoms with Crippen molar-refractivity contribution in [2.24, 2.45) is 11.3 Å². The summed E-state index contributed by atoms with van der Waals surface area (Å²) < 4.78 is 1.41. The lowest BCUT2D eigenvalue weighted by Crippen LogP contribution is -2.35. The van der Waals surface area contributed by atoms with Crippen LogP contribution in [0.25, 0.3) is 10.1 Å². The number of hydrogen-bond donors (Lipinski definition) is 1. The summed E-state index contributed by atoms with van der Waals surface area (Å²) in [4.78, 5) is 0. The molecule has 1 heterocycles. The molecule has 0 radical (unpaired) electrons. The van der Waals surface area contributed by atoms with Gasteiger partial charge >= 0.3 is 0 Å². The van der Waals surface area contributed by atoms with Gasteiger partial charge in [-0.05, 0) is 53.1 Å². The van der Waals surface area contributed by atoms with Crippen molar-refractivity contribution in [3.63, 3.8) is 0 Å². The van der Waals surface area contributed by atoms with E-state index in [2.05, 4.69) is 69.6 Å². The maximum Gasteiger partial charge on any atom is 0.0345 e. The summed E-state index contributed by atoms with van der Waals surface area (Å²) in [5, 5.41) is 7.48. The van der Waals surface area contributed by atoms with Crippen molar-refractivity contribution in [3.8, 4) is 0 Å². The van der Waals surface area contributed by atoms with Gasteiger partial charge in [-0.2, -0.15) is 0 Å². The van der Waals surface area contributed by atoms with E-state index in [4.69, 9.17) is 0 Å². The van der Waals surface area contributed by atoms with Crippen molar-refractivity contribution in [2.45, 2.75) is 53.5 Å². The smallest absolute Gasteiger partial charge is 0.0345 e. The molecule has 0 aliphatic heterocycles. The maximum absolute atomic E-state index is 3.69. The van der Waals surface area contributed by atoms with Crippen LogP contribution >= 0.6 is 11.3 Å². The van der Waals surface area contributed by atoms with E-state index in [1.165, 1.54) is 22.1 Å². The lowest BCUT2D eigenvalue weighted by atomic mass is 9.78. The van der Waals surface area contributed by atoms with Crippen LogP contribution in [0.5, 0.6) is 0 Å². The fraction of sp³-hybridized carbons (Fsp3) is 0.579. The highest BCUT2D eigenvalue weighted by atomic mass is 32.1. The van der Waals surface area contributed by atoms with Gasteiger partial charge in [0.1, 0.15) is 0 Å². The van der Waals surface area contributed by atoms with E-state index >= 15 is 0 Å². The largest absolute Gasteiger partial charge is 0.314 e. The van der Waals surface area contributed by atoms with Gasteiger partial charge in [-0.15, -0.1) is 11.3 Å². The van der Waals surface area contributed by atoms with Crippen LogP contribution in [0.15, 0.2) is 29.6 Å². The Bertz CT molecular complexity index is 564. The fourth-order valence-electron chi connectivity index (χ4n) is 2.76. The van der Waals surface area contributed by atoms with Crippen LogP contribution < -0.4 is 5.32 Å². The van der Waals surface area contributed by atoms with Gasteiger partial charge in [-0.1, -0.05) is 52.8 Å². The molecule has 0 spiro atoms. The van der Waals surface area contributed by atoms with Gasteiger partial charge in [0.2, 0.25) is 0 Å². The summed E-state index contributed by atoms with van der Waals surface area (Å²) in [5.74, 6) is 0.714. The summed E-state index contributed by atoms with van der Waals surface area (Å²) in [5.41, 5.74) is 1.88. The summed E-state index contributed by atoms with van der Waals surface area (Å²) >= 11 is 1.87. The molecule has 0 saturated carbocycles. The number of benzene rings is 1. The van der Waals surface area contributed by atoms with Gasteiger partial charge in [-0.25, -0.2) is 0 Å². The molecule has 0 amide bonds. The molecule has 0 aliphatic rings. The second kappa shape index (κ2) is 6.93. The summed E-state index contributed by atoms with van der Waals surface area (Å²) in [6, 6.07) is 9.34. The number of likely N-dealkylation sites (N-methyl/N-ethyl adjacent to an activating group) is 1. The monoisotopic (exact) mass is 303 g/mol. The third kappa shape index (κ3) is 4.31. The van der Waals surface area contributed by atoms with Crippen molar-refractivity contribution in [1.29, 1.82) is 0 Å². The normalized spacial score (nSPS) is 15.3. The molecular formula is C19H29NS. The summed E-state index contributed by atoms with van der Waals surface area (Å²) in [6.45, 7) is 12.7. The van der Waals surface area contributed by atoms with Gasteiger partial charge < -0.3 is 5.32 Å². The molecule has 2 unspecified atom stereocenters. The highest BCUT2D eigenvalue weighted by molar-refractivity contribution is 7.17. The molecular weight excluding hydrogens is 274 g/mol. The minimum absolute atomic E-state index is 0.379. The van der Waals surface area contributed by atoms with Crippen LogP contribution in [0.3, 0.4) is 0 Å². The first-order chi connectivity index (χ1) is 9.91. The van der Waals surface area contributed by atoms with E-state index in [9.17, 15) is 0 Å². The van der Waals surface area contributed by atoms with Gasteiger partial charge in [0.05, 0.1) is 0 Å². The number of fused-ring (bicyclic) bond motifs is 1. The molecule has 1 N–H and O–H groups in total. The average molecular weight is 304 g/mol. The molecule has 0 bridgehead atoms. The third-order valence-electron chi connectivity index (χ3n) is 4.64. The average Bonchev–Trinajstić information content (AvgIpc) is 2.81. The first-order valence-corrected chi connectivity index (χ1v) is 8.98. The predicted octanol–water partition coefficient (Wildman–Crippen LogP) is 5.49. The van der Waals surface area contributed by atoms with Crippen molar-refractivity contribution in [2.75, 3.05) is 6.54 Å². The van der Waals surface area contributed by atoms with Crippen molar-refractivity contribution < 1.29 is 0 Å². The minimum Gasteiger partial charge on any atom is -0.314 e. The first kappa shape index (κ1) is 16.5. The number of rotatable bonds is 6. The third-order valence-corrected chi connectivity index (χ3v) is 5.65. The molecule has 1 aromatic carbocycles.